The van der Waals surface area contributed by atoms with Gasteiger partial charge in [-0.15, -0.1) is 0 Å². The number of hydrogen-bond donors (Lipinski definition) is 1. The first kappa shape index (κ1) is 20.3. The molecule has 1 unspecified atom stereocenters. The molecule has 0 aromatic heterocycles. The number of nitrogens with zero attached hydrogens (tertiary/aromatic N) is 3. The van der Waals surface area contributed by atoms with Gasteiger partial charge in [0.1, 0.15) is 15.8 Å². The number of hydrogen-bond acceptors (Lipinski definition) is 5. The highest BCUT2D eigenvalue weighted by atomic mass is 79.9. The van der Waals surface area contributed by atoms with Crippen LogP contribution in [-0.4, -0.2) is 70.3 Å². The molecule has 1 fully saturated rings. The van der Waals surface area contributed by atoms with Crippen LogP contribution >= 0.6 is 15.9 Å². The number of ether oxygens (including phenoxy) is 1. The Morgan fingerprint density at radius 1 is 1.24 bits per heavy atom. The first-order valence-corrected chi connectivity index (χ1v) is 8.77. The van der Waals surface area contributed by atoms with Crippen molar-refractivity contribution >= 4 is 22.0 Å². The molecule has 1 amide bonds. The van der Waals surface area contributed by atoms with Gasteiger partial charge >= 0.3 is 12.3 Å². The average molecular weight is 430 g/mol. The van der Waals surface area contributed by atoms with E-state index in [-0.39, 0.29) is 10.6 Å². The minimum atomic E-state index is -4.63. The SMILES string of the molecule is CN1C(O)C(C(F)(F)F)=C(Br)N1C1CCN(C(=O)OC(C)(C)C)CC1. The summed E-state index contributed by atoms with van der Waals surface area (Å²) in [5.74, 6) is 0. The van der Waals surface area contributed by atoms with Crippen LogP contribution < -0.4 is 0 Å². The Morgan fingerprint density at radius 2 is 1.76 bits per heavy atom. The lowest BCUT2D eigenvalue weighted by molar-refractivity contribution is -0.131. The second kappa shape index (κ2) is 6.96. The molecule has 1 atom stereocenters. The molecule has 25 heavy (non-hydrogen) atoms. The Balaban J connectivity index is 2.06. The third-order valence-electron chi connectivity index (χ3n) is 4.14. The predicted octanol–water partition coefficient (Wildman–Crippen LogP) is 3.04. The van der Waals surface area contributed by atoms with Crippen LogP contribution in [0.1, 0.15) is 33.6 Å². The van der Waals surface area contributed by atoms with Gasteiger partial charge in [-0.3, -0.25) is 5.01 Å². The van der Waals surface area contributed by atoms with Gasteiger partial charge in [-0.1, -0.05) is 0 Å². The van der Waals surface area contributed by atoms with Crippen molar-refractivity contribution in [2.24, 2.45) is 0 Å². The molecular formula is C15H23BrF3N3O3. The molecule has 2 aliphatic heterocycles. The van der Waals surface area contributed by atoms with Crippen LogP contribution in [0, 0.1) is 0 Å². The van der Waals surface area contributed by atoms with Gasteiger partial charge in [0.05, 0.1) is 0 Å². The molecule has 1 saturated heterocycles. The van der Waals surface area contributed by atoms with Gasteiger partial charge in [0.2, 0.25) is 0 Å². The number of likely N-dealkylation sites (N-methyl/N-ethyl adjacent to an activating group) is 1. The van der Waals surface area contributed by atoms with Crippen molar-refractivity contribution in [3.63, 3.8) is 0 Å². The number of aliphatic hydroxyl groups excluding tert-OH is 1. The van der Waals surface area contributed by atoms with Gasteiger partial charge in [0.25, 0.3) is 0 Å². The Hall–Kier alpha value is -1.00. The monoisotopic (exact) mass is 429 g/mol. The maximum absolute atomic E-state index is 13.1. The van der Waals surface area contributed by atoms with Crippen molar-refractivity contribution in [2.75, 3.05) is 20.1 Å². The smallest absolute Gasteiger partial charge is 0.419 e. The molecule has 0 spiro atoms. The van der Waals surface area contributed by atoms with E-state index in [1.165, 1.54) is 17.1 Å². The van der Waals surface area contributed by atoms with Crippen molar-refractivity contribution in [1.29, 1.82) is 0 Å². The van der Waals surface area contributed by atoms with Crippen LogP contribution in [0.25, 0.3) is 0 Å². The summed E-state index contributed by atoms with van der Waals surface area (Å²) in [4.78, 5) is 13.6. The maximum Gasteiger partial charge on any atom is 0.419 e. The molecule has 1 N–H and O–H groups in total. The van der Waals surface area contributed by atoms with E-state index < -0.39 is 29.7 Å². The molecule has 2 rings (SSSR count). The molecule has 0 saturated carbocycles. The summed E-state index contributed by atoms with van der Waals surface area (Å²) in [7, 11) is 1.41. The van der Waals surface area contributed by atoms with Crippen molar-refractivity contribution in [1.82, 2.24) is 14.9 Å². The fourth-order valence-electron chi connectivity index (χ4n) is 2.97. The summed E-state index contributed by atoms with van der Waals surface area (Å²) in [5, 5.41) is 12.5. The van der Waals surface area contributed by atoms with Gasteiger partial charge in [-0.2, -0.15) is 18.2 Å². The van der Waals surface area contributed by atoms with Crippen molar-refractivity contribution in [3.05, 3.63) is 10.2 Å². The molecule has 0 radical (unpaired) electrons. The maximum atomic E-state index is 13.1. The second-order valence-corrected chi connectivity index (χ2v) is 7.94. The van der Waals surface area contributed by atoms with E-state index in [1.807, 2.05) is 0 Å². The molecule has 0 bridgehead atoms. The Bertz CT molecular complexity index is 554. The zero-order valence-corrected chi connectivity index (χ0v) is 16.2. The van der Waals surface area contributed by atoms with E-state index in [1.54, 1.807) is 25.7 Å². The lowest BCUT2D eigenvalue weighted by atomic mass is 10.1. The summed E-state index contributed by atoms with van der Waals surface area (Å²) in [5.41, 5.74) is -1.61. The van der Waals surface area contributed by atoms with Crippen LogP contribution in [0.3, 0.4) is 0 Å². The van der Waals surface area contributed by atoms with E-state index in [0.717, 1.165) is 0 Å². The zero-order valence-electron chi connectivity index (χ0n) is 14.6. The number of rotatable bonds is 1. The molecular weight excluding hydrogens is 407 g/mol. The first-order valence-electron chi connectivity index (χ1n) is 7.97. The van der Waals surface area contributed by atoms with Gasteiger partial charge < -0.3 is 14.7 Å². The highest BCUT2D eigenvalue weighted by Crippen LogP contribution is 2.43. The highest BCUT2D eigenvalue weighted by Gasteiger charge is 2.50. The second-order valence-electron chi connectivity index (χ2n) is 7.19. The largest absolute Gasteiger partial charge is 0.444 e. The third kappa shape index (κ3) is 4.40. The number of carbonyl (C=O) groups excluding carboxylic acids is 1. The molecule has 2 aliphatic rings. The number of hydrazine groups is 1. The van der Waals surface area contributed by atoms with Gasteiger partial charge in [0.15, 0.2) is 6.23 Å². The number of alkyl halides is 3. The molecule has 10 heteroatoms. The van der Waals surface area contributed by atoms with Crippen LogP contribution in [-0.2, 0) is 4.74 Å². The molecule has 0 aromatic carbocycles. The number of carbonyl (C=O) groups is 1. The zero-order chi connectivity index (χ0) is 19.2. The summed E-state index contributed by atoms with van der Waals surface area (Å²) >= 11 is 2.99. The summed E-state index contributed by atoms with van der Waals surface area (Å²) in [6.45, 7) is 6.08. The topological polar surface area (TPSA) is 56.2 Å². The summed E-state index contributed by atoms with van der Waals surface area (Å²) in [6, 6.07) is -0.257. The lowest BCUT2D eigenvalue weighted by Gasteiger charge is -2.41. The fourth-order valence-corrected chi connectivity index (χ4v) is 3.94. The Kier molecular flexibility index (Phi) is 5.65. The molecule has 2 heterocycles. The standard InChI is InChI=1S/C15H23BrF3N3O3/c1-14(2,3)25-13(24)21-7-5-9(6-8-21)22-11(16)10(15(17,18)19)12(23)20(22)4/h9,12,23H,5-8H2,1-4H3. The first-order chi connectivity index (χ1) is 11.3. The van der Waals surface area contributed by atoms with Gasteiger partial charge in [0, 0.05) is 26.2 Å². The van der Waals surface area contributed by atoms with E-state index in [4.69, 9.17) is 4.74 Å². The summed E-state index contributed by atoms with van der Waals surface area (Å²) in [6.07, 6.45) is -5.87. The van der Waals surface area contributed by atoms with E-state index in [2.05, 4.69) is 15.9 Å². The quantitative estimate of drug-likeness (QED) is 0.649. The Morgan fingerprint density at radius 3 is 2.16 bits per heavy atom. The van der Waals surface area contributed by atoms with E-state index in [0.29, 0.717) is 25.9 Å². The minimum absolute atomic E-state index is 0.175. The predicted molar refractivity (Wildman–Crippen MR) is 88.4 cm³/mol. The van der Waals surface area contributed by atoms with Crippen LogP contribution in [0.15, 0.2) is 10.2 Å². The minimum Gasteiger partial charge on any atom is -0.444 e. The molecule has 6 nitrogen and oxygen atoms in total. The number of amides is 1. The highest BCUT2D eigenvalue weighted by molar-refractivity contribution is 9.11. The average Bonchev–Trinajstić information content (AvgIpc) is 2.67. The van der Waals surface area contributed by atoms with Crippen molar-refractivity contribution in [3.8, 4) is 0 Å². The Labute approximate surface area is 153 Å². The number of piperidine rings is 1. The normalized spacial score (nSPS) is 24.3. The fraction of sp³-hybridized carbons (Fsp3) is 0.800. The van der Waals surface area contributed by atoms with E-state index >= 15 is 0 Å². The summed E-state index contributed by atoms with van der Waals surface area (Å²) < 4.78 is 44.5. The third-order valence-corrected chi connectivity index (χ3v) is 4.93. The van der Waals surface area contributed by atoms with Crippen LogP contribution in [0.4, 0.5) is 18.0 Å². The van der Waals surface area contributed by atoms with Crippen molar-refractivity contribution in [2.45, 2.75) is 57.7 Å². The number of likely N-dealkylation sites (tertiary alicyclic amines) is 1. The molecule has 0 aliphatic carbocycles. The van der Waals surface area contributed by atoms with Gasteiger partial charge in [-0.05, 0) is 49.5 Å². The lowest BCUT2D eigenvalue weighted by Crippen LogP contribution is -2.51. The van der Waals surface area contributed by atoms with Crippen molar-refractivity contribution < 1.29 is 27.8 Å². The number of halogens is 4. The number of aliphatic hydroxyl groups is 1. The van der Waals surface area contributed by atoms with E-state index in [9.17, 15) is 23.1 Å². The van der Waals surface area contributed by atoms with Crippen LogP contribution in [0.2, 0.25) is 0 Å². The van der Waals surface area contributed by atoms with Gasteiger partial charge in [-0.25, -0.2) is 4.79 Å². The molecule has 144 valence electrons. The van der Waals surface area contributed by atoms with Crippen LogP contribution in [0.5, 0.6) is 0 Å². The molecule has 0 aromatic rings.